The topological polar surface area (TPSA) is 176 Å². The van der Waals surface area contributed by atoms with E-state index in [9.17, 15) is 18.8 Å². The number of primary amides is 3. The molecule has 0 aliphatic carbocycles. The van der Waals surface area contributed by atoms with Crippen LogP contribution in [-0.4, -0.2) is 33.7 Å². The Morgan fingerprint density at radius 3 is 2.25 bits per heavy atom. The van der Waals surface area contributed by atoms with Crippen LogP contribution in [0.4, 0.5) is 10.2 Å². The second-order valence-electron chi connectivity index (χ2n) is 6.73. The highest BCUT2D eigenvalue weighted by Crippen LogP contribution is 2.29. The zero-order chi connectivity index (χ0) is 23.4. The number of ether oxygens (including phenoxy) is 1. The second-order valence-corrected chi connectivity index (χ2v) is 6.73. The molecule has 164 valence electrons. The zero-order valence-corrected chi connectivity index (χ0v) is 16.8. The van der Waals surface area contributed by atoms with Gasteiger partial charge in [0.25, 0.3) is 11.8 Å². The van der Waals surface area contributed by atoms with Gasteiger partial charge in [0.2, 0.25) is 5.91 Å². The van der Waals surface area contributed by atoms with E-state index in [1.807, 2.05) is 0 Å². The molecule has 0 saturated heterocycles. The maximum atomic E-state index is 13.1. The minimum absolute atomic E-state index is 0.0000775. The van der Waals surface area contributed by atoms with Gasteiger partial charge >= 0.3 is 0 Å². The number of benzene rings is 2. The van der Waals surface area contributed by atoms with Gasteiger partial charge in [0.1, 0.15) is 34.9 Å². The normalized spacial score (nSPS) is 11.4. The Morgan fingerprint density at radius 2 is 1.66 bits per heavy atom. The lowest BCUT2D eigenvalue weighted by Crippen LogP contribution is -2.33. The summed E-state index contributed by atoms with van der Waals surface area (Å²) >= 11 is 0. The molecule has 7 N–H and O–H groups in total. The molecule has 32 heavy (non-hydrogen) atoms. The molecule has 3 rings (SSSR count). The van der Waals surface area contributed by atoms with E-state index in [0.29, 0.717) is 11.3 Å². The highest BCUT2D eigenvalue weighted by Gasteiger charge is 2.17. The molecule has 1 aromatic heterocycles. The van der Waals surface area contributed by atoms with E-state index >= 15 is 0 Å². The summed E-state index contributed by atoms with van der Waals surface area (Å²) in [5, 5.41) is 2.75. The summed E-state index contributed by atoms with van der Waals surface area (Å²) in [6.45, 7) is 1.51. The lowest BCUT2D eigenvalue weighted by Gasteiger charge is -2.14. The molecule has 0 aliphatic rings. The number of anilines is 1. The number of halogens is 1. The molecule has 0 aliphatic heterocycles. The van der Waals surface area contributed by atoms with Gasteiger partial charge in [-0.1, -0.05) is 0 Å². The van der Waals surface area contributed by atoms with Crippen LogP contribution in [0.15, 0.2) is 48.5 Å². The molecule has 0 radical (unpaired) electrons. The number of rotatable bonds is 8. The van der Waals surface area contributed by atoms with Gasteiger partial charge in [-0.15, -0.1) is 0 Å². The molecule has 3 aromatic rings. The number of hydrogen-bond donors (Lipinski definition) is 4. The van der Waals surface area contributed by atoms with Crippen molar-refractivity contribution in [2.75, 3.05) is 5.32 Å². The first-order valence-electron chi connectivity index (χ1n) is 9.26. The van der Waals surface area contributed by atoms with Gasteiger partial charge in [-0.3, -0.25) is 14.4 Å². The number of amides is 3. The van der Waals surface area contributed by atoms with Crippen LogP contribution in [-0.2, 0) is 4.79 Å². The lowest BCUT2D eigenvalue weighted by molar-refractivity contribution is -0.118. The third-order valence-electron chi connectivity index (χ3n) is 4.31. The van der Waals surface area contributed by atoms with Crippen molar-refractivity contribution < 1.29 is 23.5 Å². The maximum absolute atomic E-state index is 13.1. The molecule has 1 unspecified atom stereocenters. The molecule has 2 aromatic carbocycles. The first-order chi connectivity index (χ1) is 15.1. The van der Waals surface area contributed by atoms with Gasteiger partial charge in [-0.2, -0.15) is 0 Å². The van der Waals surface area contributed by atoms with E-state index in [0.717, 1.165) is 0 Å². The molecular weight excluding hydrogens is 419 g/mol. The smallest absolute Gasteiger partial charge is 0.267 e. The van der Waals surface area contributed by atoms with Gasteiger partial charge in [-0.25, -0.2) is 14.4 Å². The number of nitrogens with zero attached hydrogens (tertiary/aromatic N) is 2. The Morgan fingerprint density at radius 1 is 0.969 bits per heavy atom. The number of aromatic nitrogens is 2. The highest BCUT2D eigenvalue weighted by atomic mass is 19.1. The van der Waals surface area contributed by atoms with Gasteiger partial charge < -0.3 is 27.3 Å². The third kappa shape index (κ3) is 5.14. The second kappa shape index (κ2) is 9.08. The van der Waals surface area contributed by atoms with Crippen LogP contribution >= 0.6 is 0 Å². The third-order valence-corrected chi connectivity index (χ3v) is 4.31. The molecule has 1 heterocycles. The number of nitrogens with one attached hydrogen (secondary N) is 1. The van der Waals surface area contributed by atoms with Crippen molar-refractivity contribution in [1.29, 1.82) is 0 Å². The summed E-state index contributed by atoms with van der Waals surface area (Å²) in [6.07, 6.45) is 0. The Hall–Kier alpha value is -4.54. The standard InChI is InChI=1S/C21H19FN6O4/c1-10(18(23)29)26-17-9-15(20(25)31)27-21(28-17)11-2-7-16(14(8-11)19(24)30)32-13-5-3-12(22)4-6-13/h2-10H,1H3,(H2,23,29)(H2,24,30)(H2,25,31)(H,26,27,28). The van der Waals surface area contributed by atoms with Crippen molar-refractivity contribution >= 4 is 23.5 Å². The van der Waals surface area contributed by atoms with Crippen LogP contribution in [0.5, 0.6) is 11.5 Å². The summed E-state index contributed by atoms with van der Waals surface area (Å²) in [4.78, 5) is 43.4. The van der Waals surface area contributed by atoms with E-state index < -0.39 is 29.6 Å². The predicted molar refractivity (Wildman–Crippen MR) is 113 cm³/mol. The van der Waals surface area contributed by atoms with Crippen molar-refractivity contribution in [2.24, 2.45) is 17.2 Å². The minimum atomic E-state index is -0.824. The summed E-state index contributed by atoms with van der Waals surface area (Å²) in [7, 11) is 0. The average Bonchev–Trinajstić information content (AvgIpc) is 2.75. The van der Waals surface area contributed by atoms with Crippen LogP contribution in [0, 0.1) is 5.82 Å². The van der Waals surface area contributed by atoms with Gasteiger partial charge in [0, 0.05) is 11.6 Å². The minimum Gasteiger partial charge on any atom is -0.457 e. The SMILES string of the molecule is CC(Nc1cc(C(N)=O)nc(-c2ccc(Oc3ccc(F)cc3)c(C(N)=O)c2)n1)C(N)=O. The number of carbonyl (C=O) groups is 3. The zero-order valence-electron chi connectivity index (χ0n) is 16.8. The van der Waals surface area contributed by atoms with E-state index in [-0.39, 0.29) is 28.6 Å². The van der Waals surface area contributed by atoms with E-state index in [1.165, 1.54) is 55.5 Å². The van der Waals surface area contributed by atoms with E-state index in [1.54, 1.807) is 0 Å². The molecule has 1 atom stereocenters. The fourth-order valence-corrected chi connectivity index (χ4v) is 2.65. The lowest BCUT2D eigenvalue weighted by atomic mass is 10.1. The average molecular weight is 438 g/mol. The molecule has 0 spiro atoms. The van der Waals surface area contributed by atoms with Gasteiger partial charge in [0.15, 0.2) is 5.82 Å². The summed E-state index contributed by atoms with van der Waals surface area (Å²) in [6, 6.07) is 10.1. The van der Waals surface area contributed by atoms with Crippen molar-refractivity contribution in [2.45, 2.75) is 13.0 Å². The Labute approximate surface area is 181 Å². The first-order valence-corrected chi connectivity index (χ1v) is 9.26. The quantitative estimate of drug-likeness (QED) is 0.412. The van der Waals surface area contributed by atoms with Gasteiger partial charge in [-0.05, 0) is 49.4 Å². The van der Waals surface area contributed by atoms with E-state index in [4.69, 9.17) is 21.9 Å². The van der Waals surface area contributed by atoms with Crippen molar-refractivity contribution in [3.05, 3.63) is 65.6 Å². The molecule has 0 bridgehead atoms. The van der Waals surface area contributed by atoms with Crippen LogP contribution in [0.1, 0.15) is 27.8 Å². The number of hydrogen-bond acceptors (Lipinski definition) is 7. The maximum Gasteiger partial charge on any atom is 0.267 e. The Balaban J connectivity index is 2.02. The van der Waals surface area contributed by atoms with Crippen LogP contribution in [0.25, 0.3) is 11.4 Å². The van der Waals surface area contributed by atoms with Gasteiger partial charge in [0.05, 0.1) is 5.56 Å². The highest BCUT2D eigenvalue weighted by molar-refractivity contribution is 5.97. The van der Waals surface area contributed by atoms with Crippen LogP contribution < -0.4 is 27.3 Å². The summed E-state index contributed by atoms with van der Waals surface area (Å²) in [5.41, 5.74) is 16.3. The van der Waals surface area contributed by atoms with Crippen LogP contribution in [0.3, 0.4) is 0 Å². The molecular formula is C21H19FN6O4. The number of nitrogens with two attached hydrogens (primary N) is 3. The molecule has 11 heteroatoms. The molecule has 3 amide bonds. The predicted octanol–water partition coefficient (Wildman–Crippen LogP) is 1.56. The van der Waals surface area contributed by atoms with Crippen molar-refractivity contribution in [1.82, 2.24) is 9.97 Å². The Bertz CT molecular complexity index is 1200. The summed E-state index contributed by atoms with van der Waals surface area (Å²) < 4.78 is 18.7. The van der Waals surface area contributed by atoms with E-state index in [2.05, 4.69) is 15.3 Å². The fraction of sp³-hybridized carbons (Fsp3) is 0.0952. The molecule has 10 nitrogen and oxygen atoms in total. The largest absolute Gasteiger partial charge is 0.457 e. The molecule has 0 fully saturated rings. The monoisotopic (exact) mass is 438 g/mol. The van der Waals surface area contributed by atoms with Crippen LogP contribution in [0.2, 0.25) is 0 Å². The molecule has 0 saturated carbocycles. The van der Waals surface area contributed by atoms with Crippen molar-refractivity contribution in [3.8, 4) is 22.9 Å². The Kier molecular flexibility index (Phi) is 6.29. The fourth-order valence-electron chi connectivity index (χ4n) is 2.65. The van der Waals surface area contributed by atoms with Crippen molar-refractivity contribution in [3.63, 3.8) is 0 Å². The first kappa shape index (κ1) is 22.2. The summed E-state index contributed by atoms with van der Waals surface area (Å²) in [5.74, 6) is -2.11. The number of carbonyl (C=O) groups excluding carboxylic acids is 3.